The minimum Gasteiger partial charge on any atom is -0.307 e. The SMILES string of the molecule is Cc1cc(C(=O)N2CC3(CCN(C/C=C/c4ccc(C)c(F)c4)CC3)c3cc(Sc4ccc(F)cc4)ccc32)cc(Cl)n1.Cc1cc(C(=O)N2CC3(CCN(C/C=C/c4ccc(C)c(F)c4)CC3)c3cc(Sc4ccc(F)cc4)ccc32)ccn1.Cc1ccc(/C=C/CN2CCC3(CC2)CN(C(=O)c2ccnc(Cl)c2)c2ccc(Sc4ccc(F)cc4)cc23)cc1. The third-order valence-corrected chi connectivity index (χ3v) is 28.4. The van der Waals surface area contributed by atoms with Crippen molar-refractivity contribution in [1.82, 2.24) is 29.7 Å². The number of likely N-dealkylation sites (tertiary alicyclic amines) is 3. The fourth-order valence-corrected chi connectivity index (χ4v) is 20.9. The molecule has 9 heterocycles. The normalized spacial score (nSPS) is 16.3. The Labute approximate surface area is 756 Å². The Hall–Kier alpha value is -10.8. The third kappa shape index (κ3) is 20.9. The molecule has 0 radical (unpaired) electrons. The van der Waals surface area contributed by atoms with Crippen molar-refractivity contribution in [2.24, 2.45) is 0 Å². The second-order valence-corrected chi connectivity index (χ2v) is 37.8. The van der Waals surface area contributed by atoms with E-state index in [-0.39, 0.29) is 63.1 Å². The smallest absolute Gasteiger partial charge is 0.258 e. The molecule has 6 aliphatic heterocycles. The highest BCUT2D eigenvalue weighted by molar-refractivity contribution is 7.99. The van der Waals surface area contributed by atoms with E-state index in [2.05, 4.69) is 128 Å². The Morgan fingerprint density at radius 2 is 0.690 bits per heavy atom. The first kappa shape index (κ1) is 88.6. The lowest BCUT2D eigenvalue weighted by molar-refractivity contribution is 0.0970. The number of hydrogen-bond acceptors (Lipinski definition) is 12. The zero-order valence-electron chi connectivity index (χ0n) is 70.8. The van der Waals surface area contributed by atoms with Gasteiger partial charge in [-0.25, -0.2) is 31.9 Å². The van der Waals surface area contributed by atoms with Gasteiger partial charge in [0, 0.05) is 142 Å². The van der Waals surface area contributed by atoms with Gasteiger partial charge in [0.1, 0.15) is 39.4 Å². The molecule has 12 aromatic rings. The maximum Gasteiger partial charge on any atom is 0.258 e. The van der Waals surface area contributed by atoms with Crippen LogP contribution < -0.4 is 14.7 Å². The molecule has 6 aliphatic rings. The van der Waals surface area contributed by atoms with Crippen molar-refractivity contribution in [1.29, 1.82) is 0 Å². The van der Waals surface area contributed by atoms with Crippen molar-refractivity contribution in [2.45, 2.75) is 119 Å². The monoisotopic (exact) mass is 1780 g/mol. The average molecular weight is 1780 g/mol. The topological polar surface area (TPSA) is 109 Å². The summed E-state index contributed by atoms with van der Waals surface area (Å²) in [7, 11) is 0. The van der Waals surface area contributed by atoms with Crippen LogP contribution in [-0.2, 0) is 16.2 Å². The zero-order chi connectivity index (χ0) is 87.8. The van der Waals surface area contributed by atoms with Gasteiger partial charge in [-0.2, -0.15) is 0 Å². The lowest BCUT2D eigenvalue weighted by Crippen LogP contribution is -2.46. The number of aromatic nitrogens is 3. The predicted octanol–water partition coefficient (Wildman–Crippen LogP) is 24.4. The Morgan fingerprint density at radius 1 is 0.357 bits per heavy atom. The van der Waals surface area contributed by atoms with Crippen molar-refractivity contribution in [3.8, 4) is 0 Å². The maximum absolute atomic E-state index is 14.0. The molecule has 0 aliphatic carbocycles. The van der Waals surface area contributed by atoms with Crippen LogP contribution in [0.25, 0.3) is 18.2 Å². The van der Waals surface area contributed by atoms with Crippen LogP contribution in [0.3, 0.4) is 0 Å². The van der Waals surface area contributed by atoms with E-state index in [9.17, 15) is 36.3 Å². The van der Waals surface area contributed by atoms with Gasteiger partial charge >= 0.3 is 0 Å². The van der Waals surface area contributed by atoms with E-state index >= 15 is 0 Å². The number of nitrogens with zero attached hydrogens (tertiary/aromatic N) is 9. The molecule has 3 fully saturated rings. The molecule has 0 atom stereocenters. The summed E-state index contributed by atoms with van der Waals surface area (Å²) in [6.07, 6.45) is 21.4. The molecule has 0 N–H and O–H groups in total. The number of fused-ring (bicyclic) bond motifs is 6. The highest BCUT2D eigenvalue weighted by atomic mass is 35.5. The van der Waals surface area contributed by atoms with Crippen LogP contribution in [0.1, 0.15) is 131 Å². The molecule has 3 saturated heterocycles. The van der Waals surface area contributed by atoms with Crippen LogP contribution in [-0.4, -0.2) is 126 Å². The summed E-state index contributed by atoms with van der Waals surface area (Å²) in [4.78, 5) is 73.1. The molecule has 12 nitrogen and oxygen atoms in total. The van der Waals surface area contributed by atoms with Crippen molar-refractivity contribution in [3.63, 3.8) is 0 Å². The standard InChI is InChI=1S/C35H32ClF2N3OS.C35H33F2N3OS.C34H31ClFN3OS/c1-23-5-6-25(19-31(23)38)4-3-15-40-16-13-35(14-17-40)22-41(34(42)26-18-24(2)39-33(36)20-26)32-12-11-29(21-30(32)35)43-28-9-7-27(37)8-10-28;1-24-5-6-26(21-32(24)37)4-3-17-39-18-14-35(15-19-39)23-40(34(41)27-13-16-38-25(2)20-27)33-12-11-30(22-31(33)35)42-29-9-7-28(36)8-10-29;1-24-4-6-25(7-5-24)3-2-18-38-19-15-34(16-20-38)23-39(33(40)26-14-17-37-32(35)21-26)31-13-12-29(22-30(31)34)41-28-10-8-27(36)9-11-28/h3-12,18-21H,13-17,22H2,1-2H3;3-13,16,20-22H,14-15,17-19,23H2,1-2H3;2-14,17,21-22H,15-16,18-20,23H2,1H3/b2*4-3+;3-2+. The minimum absolute atomic E-state index is 0.00624. The molecule has 3 amide bonds. The van der Waals surface area contributed by atoms with E-state index in [0.717, 1.165) is 161 Å². The van der Waals surface area contributed by atoms with E-state index < -0.39 is 0 Å². The van der Waals surface area contributed by atoms with E-state index in [1.54, 1.807) is 153 Å². The quantitative estimate of drug-likeness (QED) is 0.0603. The number of amides is 3. The van der Waals surface area contributed by atoms with Gasteiger partial charge in [0.2, 0.25) is 0 Å². The second kappa shape index (κ2) is 39.2. The highest BCUT2D eigenvalue weighted by Crippen LogP contribution is 2.53. The van der Waals surface area contributed by atoms with Gasteiger partial charge in [0.15, 0.2) is 0 Å². The van der Waals surface area contributed by atoms with Crippen LogP contribution in [0.2, 0.25) is 10.3 Å². The fourth-order valence-electron chi connectivity index (χ4n) is 17.9. The molecule has 0 bridgehead atoms. The lowest BCUT2D eigenvalue weighted by Gasteiger charge is -2.39. The number of halogens is 7. The second-order valence-electron chi connectivity index (χ2n) is 33.6. The zero-order valence-corrected chi connectivity index (χ0v) is 74.8. The highest BCUT2D eigenvalue weighted by Gasteiger charge is 2.50. The van der Waals surface area contributed by atoms with E-state index in [1.165, 1.54) is 64.2 Å². The number of benzene rings is 9. The van der Waals surface area contributed by atoms with Crippen LogP contribution in [0.15, 0.2) is 284 Å². The van der Waals surface area contributed by atoms with E-state index in [0.29, 0.717) is 63.5 Å². The summed E-state index contributed by atoms with van der Waals surface area (Å²) in [6, 6.07) is 68.2. The lowest BCUT2D eigenvalue weighted by atomic mass is 9.74. The number of rotatable bonds is 18. The number of hydrogen-bond donors (Lipinski definition) is 0. The van der Waals surface area contributed by atoms with Gasteiger partial charge in [0.25, 0.3) is 17.7 Å². The first-order valence-corrected chi connectivity index (χ1v) is 45.7. The first-order chi connectivity index (χ1) is 60.9. The summed E-state index contributed by atoms with van der Waals surface area (Å²) in [5, 5.41) is 0.612. The molecule has 9 aromatic carbocycles. The van der Waals surface area contributed by atoms with Crippen LogP contribution >= 0.6 is 58.5 Å². The average Bonchev–Trinajstić information content (AvgIpc) is 1.59. The Kier molecular flexibility index (Phi) is 27.6. The van der Waals surface area contributed by atoms with Gasteiger partial charge < -0.3 is 14.7 Å². The summed E-state index contributed by atoms with van der Waals surface area (Å²) in [5.41, 5.74) is 14.7. The van der Waals surface area contributed by atoms with Crippen molar-refractivity contribution >= 4 is 111 Å². The number of pyridine rings is 3. The minimum atomic E-state index is -0.259. The van der Waals surface area contributed by atoms with Crippen LogP contribution in [0.4, 0.5) is 39.0 Å². The molecule has 18 rings (SSSR count). The summed E-state index contributed by atoms with van der Waals surface area (Å²) < 4.78 is 68.3. The molecule has 0 unspecified atom stereocenters. The number of carbonyl (C=O) groups excluding carboxylic acids is 3. The van der Waals surface area contributed by atoms with Crippen molar-refractivity contribution < 1.29 is 36.3 Å². The fraction of sp³-hybridized carbons (Fsp3) is 0.250. The first-order valence-electron chi connectivity index (χ1n) is 42.5. The number of carbonyl (C=O) groups is 3. The molecule has 0 saturated carbocycles. The Bertz CT molecular complexity index is 6080. The summed E-state index contributed by atoms with van der Waals surface area (Å²) in [6.45, 7) is 19.2. The Morgan fingerprint density at radius 3 is 1.06 bits per heavy atom. The van der Waals surface area contributed by atoms with Crippen molar-refractivity contribution in [2.75, 3.05) is 93.2 Å². The van der Waals surface area contributed by atoms with Gasteiger partial charge in [-0.1, -0.05) is 149 Å². The molecule has 22 heteroatoms. The van der Waals surface area contributed by atoms with Crippen LogP contribution in [0, 0.1) is 63.7 Å². The van der Waals surface area contributed by atoms with Gasteiger partial charge in [0.05, 0.1) is 0 Å². The molecular weight excluding hydrogens is 1690 g/mol. The molecule has 642 valence electrons. The summed E-state index contributed by atoms with van der Waals surface area (Å²) >= 11 is 17.2. The van der Waals surface area contributed by atoms with Crippen molar-refractivity contribution in [3.05, 3.63) is 373 Å². The number of anilines is 3. The van der Waals surface area contributed by atoms with Gasteiger partial charge in [-0.05, 0) is 333 Å². The molecule has 126 heavy (non-hydrogen) atoms. The van der Waals surface area contributed by atoms with E-state index in [4.69, 9.17) is 23.2 Å². The van der Waals surface area contributed by atoms with Gasteiger partial charge in [-0.15, -0.1) is 0 Å². The summed E-state index contributed by atoms with van der Waals surface area (Å²) in [5.74, 6) is -1.28. The van der Waals surface area contributed by atoms with Crippen LogP contribution in [0.5, 0.6) is 0 Å². The third-order valence-electron chi connectivity index (χ3n) is 25.0. The maximum atomic E-state index is 14.0. The number of aryl methyl sites for hydroxylation is 5. The Balaban J connectivity index is 0.000000139. The van der Waals surface area contributed by atoms with E-state index in [1.807, 2.05) is 71.0 Å². The largest absolute Gasteiger partial charge is 0.307 e. The molecule has 3 spiro atoms. The molecular formula is C104H96Cl2F5N9O3S3. The number of piperidine rings is 3. The molecule has 3 aromatic heterocycles. The van der Waals surface area contributed by atoms with Gasteiger partial charge in [-0.3, -0.25) is 34.1 Å². The predicted molar refractivity (Wildman–Crippen MR) is 501 cm³/mol.